The molecule has 74 valence electrons. The summed E-state index contributed by atoms with van der Waals surface area (Å²) < 4.78 is 25.2. The Morgan fingerprint density at radius 3 is 2.15 bits per heavy atom. The van der Waals surface area contributed by atoms with E-state index in [9.17, 15) is 13.6 Å². The molecule has 0 aromatic carbocycles. The SMILES string of the molecule is CC.Cc1c(F)c(N)[nH]c(=O)c1F. The molecule has 1 heterocycles. The monoisotopic (exact) mass is 190 g/mol. The number of nitrogens with one attached hydrogen (secondary N) is 1. The van der Waals surface area contributed by atoms with Gasteiger partial charge >= 0.3 is 0 Å². The summed E-state index contributed by atoms with van der Waals surface area (Å²) in [6, 6.07) is 0. The average molecular weight is 190 g/mol. The molecule has 1 rings (SSSR count). The van der Waals surface area contributed by atoms with Gasteiger partial charge < -0.3 is 10.7 Å². The highest BCUT2D eigenvalue weighted by Gasteiger charge is 2.11. The van der Waals surface area contributed by atoms with Crippen molar-refractivity contribution in [3.05, 3.63) is 27.6 Å². The first-order valence-electron chi connectivity index (χ1n) is 3.87. The summed E-state index contributed by atoms with van der Waals surface area (Å²) in [5.74, 6) is -2.48. The van der Waals surface area contributed by atoms with E-state index >= 15 is 0 Å². The lowest BCUT2D eigenvalue weighted by Crippen LogP contribution is -2.16. The third kappa shape index (κ3) is 2.27. The van der Waals surface area contributed by atoms with Crippen LogP contribution in [0.4, 0.5) is 14.6 Å². The zero-order valence-corrected chi connectivity index (χ0v) is 7.74. The van der Waals surface area contributed by atoms with Crippen molar-refractivity contribution >= 4 is 5.82 Å². The maximum atomic E-state index is 12.6. The van der Waals surface area contributed by atoms with Crippen LogP contribution in [0.25, 0.3) is 0 Å². The lowest BCUT2D eigenvalue weighted by molar-refractivity contribution is 0.553. The molecule has 0 unspecified atom stereocenters. The molecule has 0 saturated heterocycles. The highest BCUT2D eigenvalue weighted by molar-refractivity contribution is 5.34. The number of halogens is 2. The number of nitrogen functional groups attached to an aromatic ring is 1. The number of H-pyrrole nitrogens is 1. The Morgan fingerprint density at radius 1 is 1.23 bits per heavy atom. The van der Waals surface area contributed by atoms with E-state index in [2.05, 4.69) is 0 Å². The van der Waals surface area contributed by atoms with Crippen molar-refractivity contribution in [3.63, 3.8) is 0 Å². The van der Waals surface area contributed by atoms with Crippen molar-refractivity contribution in [3.8, 4) is 0 Å². The van der Waals surface area contributed by atoms with E-state index in [1.807, 2.05) is 18.8 Å². The van der Waals surface area contributed by atoms with Crippen molar-refractivity contribution in [2.24, 2.45) is 0 Å². The van der Waals surface area contributed by atoms with Gasteiger partial charge in [-0.3, -0.25) is 4.79 Å². The molecule has 1 aromatic rings. The van der Waals surface area contributed by atoms with Crippen LogP contribution >= 0.6 is 0 Å². The molecule has 3 nitrogen and oxygen atoms in total. The molecule has 0 aliphatic heterocycles. The third-order valence-corrected chi connectivity index (χ3v) is 1.34. The van der Waals surface area contributed by atoms with Gasteiger partial charge in [0.15, 0.2) is 11.6 Å². The van der Waals surface area contributed by atoms with E-state index in [1.165, 1.54) is 0 Å². The van der Waals surface area contributed by atoms with Crippen LogP contribution in [-0.4, -0.2) is 4.98 Å². The molecule has 0 spiro atoms. The predicted molar refractivity (Wildman–Crippen MR) is 47.5 cm³/mol. The Labute approximate surface area is 74.6 Å². The lowest BCUT2D eigenvalue weighted by atomic mass is 10.2. The summed E-state index contributed by atoms with van der Waals surface area (Å²) in [6.07, 6.45) is 0. The highest BCUT2D eigenvalue weighted by Crippen LogP contribution is 2.10. The van der Waals surface area contributed by atoms with Crippen molar-refractivity contribution in [2.45, 2.75) is 20.8 Å². The molecule has 0 aliphatic rings. The fourth-order valence-corrected chi connectivity index (χ4v) is 0.701. The van der Waals surface area contributed by atoms with E-state index in [1.54, 1.807) is 0 Å². The van der Waals surface area contributed by atoms with Crippen LogP contribution in [0.15, 0.2) is 4.79 Å². The third-order valence-electron chi connectivity index (χ3n) is 1.34. The quantitative estimate of drug-likeness (QED) is 0.652. The first-order chi connectivity index (χ1) is 6.04. The topological polar surface area (TPSA) is 58.9 Å². The summed E-state index contributed by atoms with van der Waals surface area (Å²) in [5, 5.41) is 0. The number of pyridine rings is 1. The second-order valence-corrected chi connectivity index (χ2v) is 2.12. The fourth-order valence-electron chi connectivity index (χ4n) is 0.701. The largest absolute Gasteiger partial charge is 0.383 e. The fraction of sp³-hybridized carbons (Fsp3) is 0.375. The minimum absolute atomic E-state index is 0.355. The van der Waals surface area contributed by atoms with Gasteiger partial charge in [-0.05, 0) is 6.92 Å². The van der Waals surface area contributed by atoms with Gasteiger partial charge in [0.25, 0.3) is 5.56 Å². The van der Waals surface area contributed by atoms with Gasteiger partial charge in [0.2, 0.25) is 0 Å². The number of nitrogens with two attached hydrogens (primary N) is 1. The Balaban J connectivity index is 0.000000671. The van der Waals surface area contributed by atoms with E-state index in [0.717, 1.165) is 6.92 Å². The van der Waals surface area contributed by atoms with E-state index in [-0.39, 0.29) is 5.56 Å². The Hall–Kier alpha value is -1.39. The molecule has 0 amide bonds. The summed E-state index contributed by atoms with van der Waals surface area (Å²) >= 11 is 0. The summed E-state index contributed by atoms with van der Waals surface area (Å²) in [6.45, 7) is 5.15. The van der Waals surface area contributed by atoms with Gasteiger partial charge in [0.05, 0.1) is 0 Å². The molecule has 13 heavy (non-hydrogen) atoms. The van der Waals surface area contributed by atoms with Gasteiger partial charge in [-0.1, -0.05) is 13.8 Å². The van der Waals surface area contributed by atoms with Crippen LogP contribution in [0, 0.1) is 18.6 Å². The molecule has 5 heteroatoms. The van der Waals surface area contributed by atoms with E-state index in [4.69, 9.17) is 5.73 Å². The summed E-state index contributed by atoms with van der Waals surface area (Å²) in [5.41, 5.74) is 3.64. The summed E-state index contributed by atoms with van der Waals surface area (Å²) in [7, 11) is 0. The van der Waals surface area contributed by atoms with Gasteiger partial charge in [-0.15, -0.1) is 0 Å². The zero-order chi connectivity index (χ0) is 10.6. The molecule has 0 bridgehead atoms. The van der Waals surface area contributed by atoms with Crippen LogP contribution in [-0.2, 0) is 0 Å². The molecule has 0 saturated carbocycles. The number of anilines is 1. The van der Waals surface area contributed by atoms with Crippen molar-refractivity contribution in [1.82, 2.24) is 4.98 Å². The molecule has 1 aromatic heterocycles. The molecule has 0 fully saturated rings. The smallest absolute Gasteiger partial charge is 0.285 e. The zero-order valence-electron chi connectivity index (χ0n) is 7.74. The van der Waals surface area contributed by atoms with Crippen LogP contribution in [0.1, 0.15) is 19.4 Å². The molecule has 0 radical (unpaired) electrons. The van der Waals surface area contributed by atoms with Gasteiger partial charge in [0, 0.05) is 5.56 Å². The predicted octanol–water partition coefficient (Wildman–Crippen LogP) is 1.57. The second kappa shape index (κ2) is 4.59. The molecule has 0 atom stereocenters. The Bertz CT molecular complexity index is 347. The van der Waals surface area contributed by atoms with Crippen molar-refractivity contribution in [2.75, 3.05) is 5.73 Å². The van der Waals surface area contributed by atoms with Crippen LogP contribution in [0.5, 0.6) is 0 Å². The highest BCUT2D eigenvalue weighted by atomic mass is 19.1. The number of aromatic nitrogens is 1. The maximum Gasteiger partial charge on any atom is 0.285 e. The molecular weight excluding hydrogens is 178 g/mol. The van der Waals surface area contributed by atoms with Crippen LogP contribution < -0.4 is 11.3 Å². The Morgan fingerprint density at radius 2 is 1.69 bits per heavy atom. The number of hydrogen-bond donors (Lipinski definition) is 2. The average Bonchev–Trinajstić information content (AvgIpc) is 2.15. The van der Waals surface area contributed by atoms with Crippen LogP contribution in [0.2, 0.25) is 0 Å². The first kappa shape index (κ1) is 11.6. The van der Waals surface area contributed by atoms with Crippen LogP contribution in [0.3, 0.4) is 0 Å². The first-order valence-corrected chi connectivity index (χ1v) is 3.87. The Kier molecular flexibility index (Phi) is 4.10. The molecule has 3 N–H and O–H groups in total. The van der Waals surface area contributed by atoms with Crippen molar-refractivity contribution in [1.29, 1.82) is 0 Å². The standard InChI is InChI=1S/C6H6F2N2O.C2H6/c1-2-3(7)5(9)10-6(11)4(2)8;1-2/h1H3,(H3,9,10,11);1-2H3. The molecule has 0 aliphatic carbocycles. The van der Waals surface area contributed by atoms with Gasteiger partial charge in [-0.25, -0.2) is 8.78 Å². The second-order valence-electron chi connectivity index (χ2n) is 2.12. The van der Waals surface area contributed by atoms with Gasteiger partial charge in [0.1, 0.15) is 5.82 Å². The van der Waals surface area contributed by atoms with Crippen molar-refractivity contribution < 1.29 is 8.78 Å². The maximum absolute atomic E-state index is 12.6. The summed E-state index contributed by atoms with van der Waals surface area (Å²) in [4.78, 5) is 12.4. The normalized spacial score (nSPS) is 9.00. The number of rotatable bonds is 0. The number of hydrogen-bond acceptors (Lipinski definition) is 2. The molecular formula is C8H12F2N2O. The minimum Gasteiger partial charge on any atom is -0.383 e. The van der Waals surface area contributed by atoms with Gasteiger partial charge in [-0.2, -0.15) is 0 Å². The van der Waals surface area contributed by atoms with E-state index in [0.29, 0.717) is 0 Å². The lowest BCUT2D eigenvalue weighted by Gasteiger charge is -1.99. The number of aromatic amines is 1. The van der Waals surface area contributed by atoms with E-state index < -0.39 is 23.0 Å². The minimum atomic E-state index is -1.13.